The summed E-state index contributed by atoms with van der Waals surface area (Å²) in [6.45, 7) is 2.87. The minimum Gasteiger partial charge on any atom is -0.351 e. The Balaban J connectivity index is 0.00000208. The summed E-state index contributed by atoms with van der Waals surface area (Å²) in [6, 6.07) is 7.54. The lowest BCUT2D eigenvalue weighted by Crippen LogP contribution is -2.33. The van der Waals surface area contributed by atoms with Gasteiger partial charge in [0.1, 0.15) is 10.7 Å². The molecule has 1 aromatic heterocycles. The van der Waals surface area contributed by atoms with Gasteiger partial charge in [0.15, 0.2) is 0 Å². The molecule has 1 aromatic carbocycles. The van der Waals surface area contributed by atoms with Gasteiger partial charge in [-0.3, -0.25) is 4.79 Å². The van der Waals surface area contributed by atoms with E-state index in [1.54, 1.807) is 5.38 Å². The molecule has 0 radical (unpaired) electrons. The van der Waals surface area contributed by atoms with Crippen molar-refractivity contribution in [1.29, 1.82) is 0 Å². The lowest BCUT2D eigenvalue weighted by Gasteiger charge is -2.22. The van der Waals surface area contributed by atoms with Crippen molar-refractivity contribution in [2.75, 3.05) is 19.6 Å². The molecule has 2 heterocycles. The third kappa shape index (κ3) is 4.93. The Bertz CT molecular complexity index is 671. The second-order valence-corrected chi connectivity index (χ2v) is 7.04. The standard InChI is InChI=1S/C17H20ClN3OS.ClH/c18-14-6-2-1-5-13(14)17-21-15(11-23-17)16(22)20-9-7-12-4-3-8-19-10-12;/h1-2,5-6,11-12,19H,3-4,7-10H2,(H,20,22);1H. The number of carbonyl (C=O) groups excluding carboxylic acids is 1. The molecule has 1 amide bonds. The Morgan fingerprint density at radius 2 is 2.25 bits per heavy atom. The molecule has 4 nitrogen and oxygen atoms in total. The fourth-order valence-corrected chi connectivity index (χ4v) is 3.91. The molecule has 1 saturated heterocycles. The van der Waals surface area contributed by atoms with Gasteiger partial charge in [-0.05, 0) is 44.3 Å². The lowest BCUT2D eigenvalue weighted by atomic mass is 9.96. The van der Waals surface area contributed by atoms with Crippen molar-refractivity contribution in [3.63, 3.8) is 0 Å². The SMILES string of the molecule is Cl.O=C(NCCC1CCCNC1)c1csc(-c2ccccc2Cl)n1. The second-order valence-electron chi connectivity index (χ2n) is 5.77. The molecule has 3 rings (SSSR count). The van der Waals surface area contributed by atoms with E-state index in [1.807, 2.05) is 24.3 Å². The number of halogens is 2. The van der Waals surface area contributed by atoms with Crippen molar-refractivity contribution in [3.05, 3.63) is 40.4 Å². The van der Waals surface area contributed by atoms with E-state index in [0.29, 0.717) is 23.2 Å². The van der Waals surface area contributed by atoms with E-state index in [-0.39, 0.29) is 18.3 Å². The molecular formula is C17H21Cl2N3OS. The minimum atomic E-state index is -0.108. The summed E-state index contributed by atoms with van der Waals surface area (Å²) in [6.07, 6.45) is 3.49. The van der Waals surface area contributed by atoms with Gasteiger partial charge in [-0.2, -0.15) is 0 Å². The van der Waals surface area contributed by atoms with E-state index in [1.165, 1.54) is 24.2 Å². The zero-order chi connectivity index (χ0) is 16.1. The van der Waals surface area contributed by atoms with Crippen molar-refractivity contribution in [1.82, 2.24) is 15.6 Å². The highest BCUT2D eigenvalue weighted by atomic mass is 35.5. The largest absolute Gasteiger partial charge is 0.351 e. The number of nitrogens with one attached hydrogen (secondary N) is 2. The smallest absolute Gasteiger partial charge is 0.270 e. The summed E-state index contributed by atoms with van der Waals surface area (Å²) in [4.78, 5) is 16.6. The Labute approximate surface area is 157 Å². The van der Waals surface area contributed by atoms with E-state index in [0.717, 1.165) is 30.1 Å². The molecule has 0 spiro atoms. The van der Waals surface area contributed by atoms with Crippen LogP contribution in [0.1, 0.15) is 29.8 Å². The molecule has 0 bridgehead atoms. The number of piperidine rings is 1. The van der Waals surface area contributed by atoms with E-state index in [2.05, 4.69) is 15.6 Å². The van der Waals surface area contributed by atoms with Crippen LogP contribution in [0.5, 0.6) is 0 Å². The van der Waals surface area contributed by atoms with Crippen molar-refractivity contribution in [2.45, 2.75) is 19.3 Å². The van der Waals surface area contributed by atoms with E-state index < -0.39 is 0 Å². The highest BCUT2D eigenvalue weighted by Gasteiger charge is 2.15. The van der Waals surface area contributed by atoms with Gasteiger partial charge >= 0.3 is 0 Å². The van der Waals surface area contributed by atoms with E-state index in [4.69, 9.17) is 11.6 Å². The number of hydrogen-bond donors (Lipinski definition) is 2. The highest BCUT2D eigenvalue weighted by Crippen LogP contribution is 2.30. The third-order valence-corrected chi connectivity index (χ3v) is 5.28. The average Bonchev–Trinajstić information content (AvgIpc) is 3.06. The van der Waals surface area contributed by atoms with Crippen LogP contribution >= 0.6 is 35.3 Å². The normalized spacial score (nSPS) is 17.1. The summed E-state index contributed by atoms with van der Waals surface area (Å²) < 4.78 is 0. The summed E-state index contributed by atoms with van der Waals surface area (Å²) in [5, 5.41) is 9.58. The van der Waals surface area contributed by atoms with Crippen molar-refractivity contribution >= 4 is 41.3 Å². The van der Waals surface area contributed by atoms with Crippen molar-refractivity contribution < 1.29 is 4.79 Å². The van der Waals surface area contributed by atoms with Crippen molar-refractivity contribution in [3.8, 4) is 10.6 Å². The molecule has 2 N–H and O–H groups in total. The zero-order valence-electron chi connectivity index (χ0n) is 13.3. The molecule has 24 heavy (non-hydrogen) atoms. The van der Waals surface area contributed by atoms with Crippen LogP contribution < -0.4 is 10.6 Å². The molecule has 1 fully saturated rings. The molecule has 130 valence electrons. The van der Waals surface area contributed by atoms with Crippen LogP contribution in [0.4, 0.5) is 0 Å². The Kier molecular flexibility index (Phi) is 7.49. The van der Waals surface area contributed by atoms with E-state index in [9.17, 15) is 4.79 Å². The highest BCUT2D eigenvalue weighted by molar-refractivity contribution is 7.13. The molecule has 7 heteroatoms. The zero-order valence-corrected chi connectivity index (χ0v) is 15.6. The van der Waals surface area contributed by atoms with Gasteiger partial charge < -0.3 is 10.6 Å². The minimum absolute atomic E-state index is 0. The summed E-state index contributed by atoms with van der Waals surface area (Å²) in [5.41, 5.74) is 1.33. The van der Waals surface area contributed by atoms with Crippen LogP contribution in [0.3, 0.4) is 0 Å². The number of thiazole rings is 1. The second kappa shape index (κ2) is 9.37. The first kappa shape index (κ1) is 19.2. The average molecular weight is 386 g/mol. The fourth-order valence-electron chi connectivity index (χ4n) is 2.79. The number of aromatic nitrogens is 1. The van der Waals surface area contributed by atoms with Crippen LogP contribution in [-0.2, 0) is 0 Å². The maximum Gasteiger partial charge on any atom is 0.270 e. The van der Waals surface area contributed by atoms with Gasteiger partial charge in [0.05, 0.1) is 5.02 Å². The number of carbonyl (C=O) groups is 1. The summed E-state index contributed by atoms with van der Waals surface area (Å²) in [7, 11) is 0. The molecule has 1 aliphatic heterocycles. The number of nitrogens with zero attached hydrogens (tertiary/aromatic N) is 1. The van der Waals surface area contributed by atoms with Crippen molar-refractivity contribution in [2.24, 2.45) is 5.92 Å². The van der Waals surface area contributed by atoms with Gasteiger partial charge in [-0.15, -0.1) is 23.7 Å². The molecule has 1 atom stereocenters. The first-order valence-electron chi connectivity index (χ1n) is 7.93. The van der Waals surface area contributed by atoms with Gasteiger partial charge in [0.25, 0.3) is 5.91 Å². The fraction of sp³-hybridized carbons (Fsp3) is 0.412. The topological polar surface area (TPSA) is 54.0 Å². The molecule has 1 unspecified atom stereocenters. The van der Waals surface area contributed by atoms with Gasteiger partial charge in [0.2, 0.25) is 0 Å². The maximum absolute atomic E-state index is 12.2. The van der Waals surface area contributed by atoms with Gasteiger partial charge in [0, 0.05) is 17.5 Å². The predicted octanol–water partition coefficient (Wildman–Crippen LogP) is 4.00. The number of benzene rings is 1. The number of rotatable bonds is 5. The summed E-state index contributed by atoms with van der Waals surface area (Å²) >= 11 is 7.62. The molecule has 2 aromatic rings. The molecular weight excluding hydrogens is 365 g/mol. The predicted molar refractivity (Wildman–Crippen MR) is 102 cm³/mol. The maximum atomic E-state index is 12.2. The van der Waals surface area contributed by atoms with Crippen LogP contribution in [0.15, 0.2) is 29.6 Å². The quantitative estimate of drug-likeness (QED) is 0.817. The van der Waals surface area contributed by atoms with Gasteiger partial charge in [-0.1, -0.05) is 29.8 Å². The molecule has 0 saturated carbocycles. The molecule has 1 aliphatic rings. The third-order valence-electron chi connectivity index (χ3n) is 4.08. The molecule has 0 aliphatic carbocycles. The number of amides is 1. The summed E-state index contributed by atoms with van der Waals surface area (Å²) in [5.74, 6) is 0.557. The monoisotopic (exact) mass is 385 g/mol. The first-order chi connectivity index (χ1) is 11.2. The van der Waals surface area contributed by atoms with E-state index >= 15 is 0 Å². The Hall–Kier alpha value is -1.14. The van der Waals surface area contributed by atoms with Crippen LogP contribution in [0.25, 0.3) is 10.6 Å². The number of hydrogen-bond acceptors (Lipinski definition) is 4. The Morgan fingerprint density at radius 1 is 1.42 bits per heavy atom. The first-order valence-corrected chi connectivity index (χ1v) is 9.19. The van der Waals surface area contributed by atoms with Gasteiger partial charge in [-0.25, -0.2) is 4.98 Å². The van der Waals surface area contributed by atoms with Crippen LogP contribution in [-0.4, -0.2) is 30.5 Å². The van der Waals surface area contributed by atoms with Crippen LogP contribution in [0, 0.1) is 5.92 Å². The van der Waals surface area contributed by atoms with Crippen LogP contribution in [0.2, 0.25) is 5.02 Å². The Morgan fingerprint density at radius 3 is 3.00 bits per heavy atom. The lowest BCUT2D eigenvalue weighted by molar-refractivity contribution is 0.0946.